The number of carbonyl (C=O) groups excluding carboxylic acids is 1. The Kier molecular flexibility index (Phi) is 5.43. The molecule has 5 nitrogen and oxygen atoms in total. The molecule has 0 unspecified atom stereocenters. The number of hydrogen-bond donors (Lipinski definition) is 1. The van der Waals surface area contributed by atoms with E-state index in [1.807, 2.05) is 0 Å². The minimum atomic E-state index is -4.65. The van der Waals surface area contributed by atoms with Crippen LogP contribution < -0.4 is 14.8 Å². The van der Waals surface area contributed by atoms with E-state index >= 15 is 0 Å². The molecule has 0 saturated heterocycles. The van der Waals surface area contributed by atoms with Gasteiger partial charge in [0.25, 0.3) is 5.91 Å². The Hall–Kier alpha value is -2.29. The maximum atomic E-state index is 12.6. The van der Waals surface area contributed by atoms with Gasteiger partial charge in [0.1, 0.15) is 23.0 Å². The van der Waals surface area contributed by atoms with Crippen LogP contribution in [-0.2, 0) is 6.18 Å². The highest BCUT2D eigenvalue weighted by Gasteiger charge is 2.38. The van der Waals surface area contributed by atoms with E-state index in [1.165, 1.54) is 0 Å². The molecule has 1 amide bonds. The van der Waals surface area contributed by atoms with Crippen LogP contribution in [0.3, 0.4) is 0 Å². The summed E-state index contributed by atoms with van der Waals surface area (Å²) in [4.78, 5) is 14.5. The molecule has 0 aliphatic carbocycles. The number of methoxy groups -OCH3 is 1. The molecule has 9 heteroatoms. The van der Waals surface area contributed by atoms with E-state index in [4.69, 9.17) is 9.47 Å². The van der Waals surface area contributed by atoms with Crippen molar-refractivity contribution in [3.63, 3.8) is 0 Å². The Bertz CT molecular complexity index is 656. The first-order valence-corrected chi connectivity index (χ1v) is 7.35. The summed E-state index contributed by atoms with van der Waals surface area (Å²) in [5.41, 5.74) is -0.179. The average Bonchev–Trinajstić information content (AvgIpc) is 3.02. The molecule has 0 radical (unpaired) electrons. The van der Waals surface area contributed by atoms with Crippen molar-refractivity contribution in [1.82, 2.24) is 10.3 Å². The average molecular weight is 346 g/mol. The van der Waals surface area contributed by atoms with Gasteiger partial charge in [-0.25, -0.2) is 4.98 Å². The third-order valence-corrected chi connectivity index (χ3v) is 3.58. The number of nitrogens with zero attached hydrogens (tertiary/aromatic N) is 1. The number of thiazole rings is 1. The van der Waals surface area contributed by atoms with Crippen LogP contribution >= 0.6 is 11.3 Å². The highest BCUT2D eigenvalue weighted by molar-refractivity contribution is 7.11. The predicted octanol–water partition coefficient (Wildman–Crippen LogP) is 2.98. The van der Waals surface area contributed by atoms with Gasteiger partial charge in [0, 0.05) is 0 Å². The Morgan fingerprint density at radius 1 is 1.26 bits per heavy atom. The molecule has 2 rings (SSSR count). The fraction of sp³-hybridized carbons (Fsp3) is 0.286. The van der Waals surface area contributed by atoms with Crippen LogP contribution in [0.1, 0.15) is 15.4 Å². The summed E-state index contributed by atoms with van der Waals surface area (Å²) < 4.78 is 48.3. The minimum absolute atomic E-state index is 0.0695. The lowest BCUT2D eigenvalue weighted by atomic mass is 10.3. The summed E-state index contributed by atoms with van der Waals surface area (Å²) in [6, 6.07) is 6.79. The first kappa shape index (κ1) is 17.1. The Morgan fingerprint density at radius 3 is 2.52 bits per heavy atom. The van der Waals surface area contributed by atoms with E-state index in [1.54, 1.807) is 31.4 Å². The van der Waals surface area contributed by atoms with Crippen LogP contribution in [0.4, 0.5) is 13.2 Å². The van der Waals surface area contributed by atoms with Gasteiger partial charge in [0.2, 0.25) is 0 Å². The van der Waals surface area contributed by atoms with Crippen molar-refractivity contribution in [2.24, 2.45) is 0 Å². The van der Waals surface area contributed by atoms with Crippen molar-refractivity contribution >= 4 is 17.2 Å². The maximum Gasteiger partial charge on any atom is 0.434 e. The first-order valence-electron chi connectivity index (χ1n) is 6.47. The molecular weight excluding hydrogens is 333 g/mol. The normalized spacial score (nSPS) is 11.1. The fourth-order valence-corrected chi connectivity index (χ4v) is 2.42. The zero-order chi connectivity index (χ0) is 16.9. The van der Waals surface area contributed by atoms with Gasteiger partial charge in [-0.2, -0.15) is 13.2 Å². The van der Waals surface area contributed by atoms with Crippen LogP contribution in [0.5, 0.6) is 11.5 Å². The second-order valence-corrected chi connectivity index (χ2v) is 5.16. The standard InChI is InChI=1S/C14H13F3N2O3S/c1-21-9-2-4-10(5-3-9)22-7-6-18-13(20)11-12(14(15,16)17)19-8-23-11/h2-5,8H,6-7H2,1H3,(H,18,20). The van der Waals surface area contributed by atoms with E-state index in [0.717, 1.165) is 5.51 Å². The van der Waals surface area contributed by atoms with Crippen LogP contribution in [0.25, 0.3) is 0 Å². The third kappa shape index (κ3) is 4.59. The zero-order valence-corrected chi connectivity index (χ0v) is 12.8. The first-order chi connectivity index (χ1) is 10.9. The molecule has 0 saturated carbocycles. The van der Waals surface area contributed by atoms with Crippen molar-refractivity contribution in [3.05, 3.63) is 40.3 Å². The molecule has 1 N–H and O–H groups in total. The van der Waals surface area contributed by atoms with Crippen molar-refractivity contribution in [1.29, 1.82) is 0 Å². The molecule has 2 aromatic rings. The largest absolute Gasteiger partial charge is 0.497 e. The zero-order valence-electron chi connectivity index (χ0n) is 12.0. The van der Waals surface area contributed by atoms with Gasteiger partial charge in [0.05, 0.1) is 19.2 Å². The summed E-state index contributed by atoms with van der Waals surface area (Å²) in [6.07, 6.45) is -4.65. The Morgan fingerprint density at radius 2 is 1.91 bits per heavy atom. The molecule has 0 bridgehead atoms. The van der Waals surface area contributed by atoms with Crippen LogP contribution in [0.15, 0.2) is 29.8 Å². The number of amides is 1. The number of aromatic nitrogens is 1. The second kappa shape index (κ2) is 7.32. The topological polar surface area (TPSA) is 60.5 Å². The van der Waals surface area contributed by atoms with Crippen molar-refractivity contribution in [2.45, 2.75) is 6.18 Å². The van der Waals surface area contributed by atoms with Gasteiger partial charge in [-0.1, -0.05) is 0 Å². The lowest BCUT2D eigenvalue weighted by Gasteiger charge is -2.09. The number of benzene rings is 1. The van der Waals surface area contributed by atoms with Gasteiger partial charge in [-0.05, 0) is 24.3 Å². The number of halogens is 3. The SMILES string of the molecule is COc1ccc(OCCNC(=O)c2scnc2C(F)(F)F)cc1. The lowest BCUT2D eigenvalue weighted by Crippen LogP contribution is -2.29. The second-order valence-electron chi connectivity index (χ2n) is 4.31. The van der Waals surface area contributed by atoms with E-state index in [-0.39, 0.29) is 13.2 Å². The fourth-order valence-electron chi connectivity index (χ4n) is 1.69. The van der Waals surface area contributed by atoms with Crippen LogP contribution in [0.2, 0.25) is 0 Å². The number of ether oxygens (including phenoxy) is 2. The highest BCUT2D eigenvalue weighted by atomic mass is 32.1. The molecule has 0 aliphatic heterocycles. The molecular formula is C14H13F3N2O3S. The Balaban J connectivity index is 1.82. The number of rotatable bonds is 6. The smallest absolute Gasteiger partial charge is 0.434 e. The molecule has 124 valence electrons. The summed E-state index contributed by atoms with van der Waals surface area (Å²) in [5.74, 6) is 0.419. The lowest BCUT2D eigenvalue weighted by molar-refractivity contribution is -0.141. The summed E-state index contributed by atoms with van der Waals surface area (Å²) in [5, 5.41) is 2.37. The quantitative estimate of drug-likeness (QED) is 0.817. The summed E-state index contributed by atoms with van der Waals surface area (Å²) in [6.45, 7) is 0.193. The molecule has 23 heavy (non-hydrogen) atoms. The maximum absolute atomic E-state index is 12.6. The Labute approximate surface area is 134 Å². The molecule has 0 aliphatic rings. The van der Waals surface area contributed by atoms with Gasteiger partial charge in [0.15, 0.2) is 5.69 Å². The summed E-state index contributed by atoms with van der Waals surface area (Å²) in [7, 11) is 1.54. The van der Waals surface area contributed by atoms with Crippen molar-refractivity contribution in [2.75, 3.05) is 20.3 Å². The molecule has 1 aromatic heterocycles. The van der Waals surface area contributed by atoms with Gasteiger partial charge in [-0.3, -0.25) is 4.79 Å². The van der Waals surface area contributed by atoms with Gasteiger partial charge < -0.3 is 14.8 Å². The van der Waals surface area contributed by atoms with E-state index in [0.29, 0.717) is 22.8 Å². The molecule has 1 aromatic carbocycles. The molecule has 0 fully saturated rings. The van der Waals surface area contributed by atoms with E-state index < -0.39 is 22.7 Å². The molecule has 1 heterocycles. The highest BCUT2D eigenvalue weighted by Crippen LogP contribution is 2.32. The number of nitrogens with one attached hydrogen (secondary N) is 1. The predicted molar refractivity (Wildman–Crippen MR) is 77.9 cm³/mol. The van der Waals surface area contributed by atoms with Gasteiger partial charge >= 0.3 is 6.18 Å². The van der Waals surface area contributed by atoms with Crippen molar-refractivity contribution < 1.29 is 27.4 Å². The van der Waals surface area contributed by atoms with Crippen LogP contribution in [-0.4, -0.2) is 31.2 Å². The molecule has 0 atom stereocenters. The van der Waals surface area contributed by atoms with E-state index in [2.05, 4.69) is 10.3 Å². The van der Waals surface area contributed by atoms with E-state index in [9.17, 15) is 18.0 Å². The van der Waals surface area contributed by atoms with Gasteiger partial charge in [-0.15, -0.1) is 11.3 Å². The number of hydrogen-bond acceptors (Lipinski definition) is 5. The molecule has 0 spiro atoms. The summed E-state index contributed by atoms with van der Waals surface area (Å²) >= 11 is 0.645. The number of carbonyl (C=O) groups is 1. The van der Waals surface area contributed by atoms with Crippen LogP contribution in [0, 0.1) is 0 Å². The minimum Gasteiger partial charge on any atom is -0.497 e. The van der Waals surface area contributed by atoms with Crippen molar-refractivity contribution in [3.8, 4) is 11.5 Å². The number of alkyl halides is 3. The third-order valence-electron chi connectivity index (χ3n) is 2.76. The monoisotopic (exact) mass is 346 g/mol.